The summed E-state index contributed by atoms with van der Waals surface area (Å²) >= 11 is 2.11. The van der Waals surface area contributed by atoms with Crippen molar-refractivity contribution in [2.45, 2.75) is 45.6 Å². The van der Waals surface area contributed by atoms with Gasteiger partial charge in [-0.3, -0.25) is 0 Å². The van der Waals surface area contributed by atoms with Gasteiger partial charge in [0.25, 0.3) is 0 Å². The van der Waals surface area contributed by atoms with Gasteiger partial charge >= 0.3 is 0 Å². The fourth-order valence-electron chi connectivity index (χ4n) is 2.66. The minimum Gasteiger partial charge on any atom is -0.313 e. The zero-order valence-corrected chi connectivity index (χ0v) is 12.3. The summed E-state index contributed by atoms with van der Waals surface area (Å²) in [6.45, 7) is 9.88. The minimum atomic E-state index is 0.518. The van der Waals surface area contributed by atoms with Crippen molar-refractivity contribution in [2.75, 3.05) is 37.7 Å². The largest absolute Gasteiger partial charge is 0.313 e. The van der Waals surface area contributed by atoms with E-state index < -0.39 is 0 Å². The van der Waals surface area contributed by atoms with Crippen LogP contribution in [0.15, 0.2) is 0 Å². The van der Waals surface area contributed by atoms with Crippen LogP contribution in [-0.2, 0) is 0 Å². The van der Waals surface area contributed by atoms with Gasteiger partial charge in [0.15, 0.2) is 0 Å². The van der Waals surface area contributed by atoms with Gasteiger partial charge in [-0.05, 0) is 31.1 Å². The van der Waals surface area contributed by atoms with Gasteiger partial charge in [-0.2, -0.15) is 11.8 Å². The molecule has 0 aromatic heterocycles. The lowest BCUT2D eigenvalue weighted by Crippen LogP contribution is -2.46. The fraction of sp³-hybridized carbons (Fsp3) is 1.00. The van der Waals surface area contributed by atoms with E-state index in [-0.39, 0.29) is 0 Å². The fourth-order valence-corrected chi connectivity index (χ4v) is 3.64. The van der Waals surface area contributed by atoms with Gasteiger partial charge in [-0.15, -0.1) is 0 Å². The first-order valence-electron chi connectivity index (χ1n) is 7.31. The average molecular weight is 256 g/mol. The van der Waals surface area contributed by atoms with Crippen molar-refractivity contribution >= 4 is 11.8 Å². The van der Waals surface area contributed by atoms with Gasteiger partial charge in [-0.25, -0.2) is 0 Å². The van der Waals surface area contributed by atoms with Crippen LogP contribution in [0.5, 0.6) is 0 Å². The molecule has 2 nitrogen and oxygen atoms in total. The Bertz CT molecular complexity index is 218. The molecule has 0 bridgehead atoms. The molecular weight excluding hydrogens is 228 g/mol. The van der Waals surface area contributed by atoms with Crippen LogP contribution in [-0.4, -0.2) is 48.6 Å². The Morgan fingerprint density at radius 2 is 1.82 bits per heavy atom. The summed E-state index contributed by atoms with van der Waals surface area (Å²) in [6, 6.07) is 0.851. The molecule has 1 heterocycles. The standard InChI is InChI=1S/C14H28N2S/c1-3-14(4-2,11-15-13-5-6-13)12-16-7-9-17-10-8-16/h13,15H,3-12H2,1-2H3. The summed E-state index contributed by atoms with van der Waals surface area (Å²) in [5.41, 5.74) is 0.518. The SMILES string of the molecule is CCC(CC)(CNC1CC1)CN1CCSCC1. The lowest BCUT2D eigenvalue weighted by atomic mass is 9.81. The number of rotatable bonds is 7. The number of nitrogens with one attached hydrogen (secondary N) is 1. The van der Waals surface area contributed by atoms with Crippen molar-refractivity contribution in [3.63, 3.8) is 0 Å². The first-order chi connectivity index (χ1) is 8.28. The quantitative estimate of drug-likeness (QED) is 0.754. The van der Waals surface area contributed by atoms with E-state index in [1.807, 2.05) is 0 Å². The van der Waals surface area contributed by atoms with Crippen LogP contribution < -0.4 is 5.32 Å². The molecule has 1 aliphatic heterocycles. The van der Waals surface area contributed by atoms with Crippen LogP contribution in [0.4, 0.5) is 0 Å². The Balaban J connectivity index is 1.83. The van der Waals surface area contributed by atoms with Gasteiger partial charge < -0.3 is 10.2 Å². The summed E-state index contributed by atoms with van der Waals surface area (Å²) in [5.74, 6) is 2.67. The lowest BCUT2D eigenvalue weighted by molar-refractivity contribution is 0.142. The van der Waals surface area contributed by atoms with Gasteiger partial charge in [0.1, 0.15) is 0 Å². The zero-order chi connectivity index (χ0) is 12.1. The molecule has 0 unspecified atom stereocenters. The van der Waals surface area contributed by atoms with E-state index in [2.05, 4.69) is 35.8 Å². The maximum absolute atomic E-state index is 3.76. The molecule has 0 atom stereocenters. The molecule has 2 fully saturated rings. The first kappa shape index (κ1) is 13.7. The van der Waals surface area contributed by atoms with E-state index in [0.717, 1.165) is 6.04 Å². The molecule has 17 heavy (non-hydrogen) atoms. The molecule has 3 heteroatoms. The predicted octanol–water partition coefficient (Wildman–Crippen LogP) is 2.59. The number of hydrogen-bond acceptors (Lipinski definition) is 3. The average Bonchev–Trinajstić information content (AvgIpc) is 3.20. The Labute approximate surface area is 111 Å². The van der Waals surface area contributed by atoms with Crippen LogP contribution in [0.25, 0.3) is 0 Å². The third kappa shape index (κ3) is 4.15. The van der Waals surface area contributed by atoms with Gasteiger partial charge in [0.05, 0.1) is 0 Å². The summed E-state index contributed by atoms with van der Waals surface area (Å²) in [5, 5.41) is 3.76. The van der Waals surface area contributed by atoms with Crippen LogP contribution in [0, 0.1) is 5.41 Å². The Morgan fingerprint density at radius 3 is 2.35 bits per heavy atom. The second kappa shape index (κ2) is 6.44. The van der Waals surface area contributed by atoms with E-state index in [9.17, 15) is 0 Å². The topological polar surface area (TPSA) is 15.3 Å². The Hall–Kier alpha value is 0.270. The molecule has 1 saturated carbocycles. The van der Waals surface area contributed by atoms with E-state index in [1.165, 1.54) is 63.4 Å². The van der Waals surface area contributed by atoms with E-state index in [0.29, 0.717) is 5.41 Å². The normalized spacial score (nSPS) is 22.9. The molecule has 0 aromatic carbocycles. The van der Waals surface area contributed by atoms with Crippen LogP contribution in [0.3, 0.4) is 0 Å². The molecule has 0 radical (unpaired) electrons. The molecule has 1 aliphatic carbocycles. The highest BCUT2D eigenvalue weighted by atomic mass is 32.2. The summed E-state index contributed by atoms with van der Waals surface area (Å²) in [4.78, 5) is 2.69. The first-order valence-corrected chi connectivity index (χ1v) is 8.47. The third-order valence-corrected chi connectivity index (χ3v) is 5.45. The highest BCUT2D eigenvalue weighted by molar-refractivity contribution is 7.99. The summed E-state index contributed by atoms with van der Waals surface area (Å²) in [7, 11) is 0. The maximum atomic E-state index is 3.76. The van der Waals surface area contributed by atoms with Crippen molar-refractivity contribution < 1.29 is 0 Å². The van der Waals surface area contributed by atoms with Crippen LogP contribution in [0.1, 0.15) is 39.5 Å². The second-order valence-electron chi connectivity index (χ2n) is 5.75. The van der Waals surface area contributed by atoms with Crippen molar-refractivity contribution in [2.24, 2.45) is 5.41 Å². The number of nitrogens with zero attached hydrogens (tertiary/aromatic N) is 1. The maximum Gasteiger partial charge on any atom is 0.00729 e. The van der Waals surface area contributed by atoms with Gasteiger partial charge in [0, 0.05) is 43.7 Å². The van der Waals surface area contributed by atoms with E-state index >= 15 is 0 Å². The number of thioether (sulfide) groups is 1. The molecule has 1 N–H and O–H groups in total. The van der Waals surface area contributed by atoms with E-state index in [4.69, 9.17) is 0 Å². The van der Waals surface area contributed by atoms with Crippen molar-refractivity contribution in [3.8, 4) is 0 Å². The lowest BCUT2D eigenvalue weighted by Gasteiger charge is -2.39. The molecule has 2 rings (SSSR count). The molecule has 0 amide bonds. The Kier molecular flexibility index (Phi) is 5.19. The van der Waals surface area contributed by atoms with Gasteiger partial charge in [0.2, 0.25) is 0 Å². The molecule has 1 saturated heterocycles. The highest BCUT2D eigenvalue weighted by Gasteiger charge is 2.31. The zero-order valence-electron chi connectivity index (χ0n) is 11.5. The van der Waals surface area contributed by atoms with E-state index in [1.54, 1.807) is 0 Å². The van der Waals surface area contributed by atoms with Crippen molar-refractivity contribution in [1.82, 2.24) is 10.2 Å². The molecule has 0 aromatic rings. The molecular formula is C14H28N2S. The number of hydrogen-bond donors (Lipinski definition) is 1. The Morgan fingerprint density at radius 1 is 1.18 bits per heavy atom. The predicted molar refractivity (Wildman–Crippen MR) is 77.8 cm³/mol. The minimum absolute atomic E-state index is 0.518. The molecule has 100 valence electrons. The second-order valence-corrected chi connectivity index (χ2v) is 6.98. The van der Waals surface area contributed by atoms with Crippen molar-refractivity contribution in [3.05, 3.63) is 0 Å². The highest BCUT2D eigenvalue weighted by Crippen LogP contribution is 2.30. The monoisotopic (exact) mass is 256 g/mol. The van der Waals surface area contributed by atoms with Gasteiger partial charge in [-0.1, -0.05) is 13.8 Å². The van der Waals surface area contributed by atoms with Crippen LogP contribution in [0.2, 0.25) is 0 Å². The van der Waals surface area contributed by atoms with Crippen LogP contribution >= 0.6 is 11.8 Å². The summed E-state index contributed by atoms with van der Waals surface area (Å²) < 4.78 is 0. The molecule has 2 aliphatic rings. The molecule has 0 spiro atoms. The summed E-state index contributed by atoms with van der Waals surface area (Å²) in [6.07, 6.45) is 5.44. The third-order valence-electron chi connectivity index (χ3n) is 4.51. The smallest absolute Gasteiger partial charge is 0.00729 e. The van der Waals surface area contributed by atoms with Crippen molar-refractivity contribution in [1.29, 1.82) is 0 Å².